The molecule has 8 nitrogen and oxygen atoms in total. The van der Waals surface area contributed by atoms with Crippen LogP contribution < -0.4 is 4.74 Å². The number of aryl methyl sites for hydroxylation is 2. The van der Waals surface area contributed by atoms with Crippen LogP contribution in [0.5, 0.6) is 23.0 Å². The van der Waals surface area contributed by atoms with Gasteiger partial charge >= 0.3 is 11.9 Å². The highest BCUT2D eigenvalue weighted by Crippen LogP contribution is 2.21. The molecule has 0 atom stereocenters. The normalized spacial score (nSPS) is 9.32. The number of aromatic hydroxyl groups is 3. The van der Waals surface area contributed by atoms with E-state index in [4.69, 9.17) is 19.7 Å². The number of phenolic OH excluding ortho intramolecular Hbond substituents is 3. The summed E-state index contributed by atoms with van der Waals surface area (Å²) in [5.74, 6) is 0.542. The zero-order valence-electron chi connectivity index (χ0n) is 18.1. The van der Waals surface area contributed by atoms with Gasteiger partial charge in [-0.15, -0.1) is 0 Å². The van der Waals surface area contributed by atoms with Gasteiger partial charge in [-0.1, -0.05) is 15.9 Å². The van der Waals surface area contributed by atoms with Gasteiger partial charge in [0.25, 0.3) is 0 Å². The Kier molecular flexibility index (Phi) is 14.3. The fraction of sp³-hybridized carbons (Fsp3) is 0.364. The number of phenols is 3. The Labute approximate surface area is 190 Å². The first-order chi connectivity index (χ1) is 14.6. The number of ether oxygens (including phenoxy) is 3. The lowest BCUT2D eigenvalue weighted by Crippen LogP contribution is -2.14. The molecule has 0 heterocycles. The highest BCUT2D eigenvalue weighted by Gasteiger charge is 2.04. The van der Waals surface area contributed by atoms with Crippen LogP contribution in [-0.2, 0) is 19.1 Å². The summed E-state index contributed by atoms with van der Waals surface area (Å²) in [5, 5.41) is 27.3. The van der Waals surface area contributed by atoms with Gasteiger partial charge in [0.2, 0.25) is 0 Å². The maximum absolute atomic E-state index is 11.0. The molecule has 3 N–H and O–H groups in total. The van der Waals surface area contributed by atoms with Crippen LogP contribution in [-0.4, -0.2) is 52.4 Å². The van der Waals surface area contributed by atoms with Gasteiger partial charge in [-0.25, -0.2) is 4.79 Å². The van der Waals surface area contributed by atoms with Gasteiger partial charge in [-0.2, -0.15) is 0 Å². The number of benzene rings is 2. The van der Waals surface area contributed by atoms with Gasteiger partial charge in [-0.3, -0.25) is 4.79 Å². The molecule has 0 aliphatic rings. The van der Waals surface area contributed by atoms with E-state index >= 15 is 0 Å². The van der Waals surface area contributed by atoms with Gasteiger partial charge in [0, 0.05) is 0 Å². The van der Waals surface area contributed by atoms with E-state index in [0.29, 0.717) is 35.4 Å². The first-order valence-corrected chi connectivity index (χ1v) is 10.5. The van der Waals surface area contributed by atoms with Crippen molar-refractivity contribution in [3.05, 3.63) is 47.5 Å². The number of hydrogen-bond acceptors (Lipinski definition) is 8. The third-order valence-electron chi connectivity index (χ3n) is 3.43. The number of esters is 2. The number of carbonyl (C=O) groups is 2. The predicted octanol–water partition coefficient (Wildman–Crippen LogP) is 3.99. The third-order valence-corrected chi connectivity index (χ3v) is 3.88. The molecule has 0 aromatic heterocycles. The van der Waals surface area contributed by atoms with E-state index in [0.717, 1.165) is 0 Å². The first kappa shape index (κ1) is 28.1. The van der Waals surface area contributed by atoms with Crippen LogP contribution in [0.2, 0.25) is 0 Å². The number of halogens is 1. The molecule has 2 rings (SSSR count). The molecule has 0 spiro atoms. The zero-order chi connectivity index (χ0) is 23.8. The van der Waals surface area contributed by atoms with Crippen LogP contribution >= 0.6 is 15.9 Å². The highest BCUT2D eigenvalue weighted by molar-refractivity contribution is 9.09. The molecule has 0 aliphatic heterocycles. The first-order valence-electron chi connectivity index (χ1n) is 9.42. The molecule has 0 saturated heterocycles. The molecular weight excluding hydrogens is 472 g/mol. The van der Waals surface area contributed by atoms with Crippen LogP contribution in [0, 0.1) is 13.8 Å². The lowest BCUT2D eigenvalue weighted by Gasteiger charge is -2.06. The van der Waals surface area contributed by atoms with Crippen molar-refractivity contribution >= 4 is 27.9 Å². The van der Waals surface area contributed by atoms with Crippen molar-refractivity contribution in [2.45, 2.75) is 27.7 Å². The van der Waals surface area contributed by atoms with Crippen LogP contribution in [0.15, 0.2) is 36.4 Å². The summed E-state index contributed by atoms with van der Waals surface area (Å²) >= 11 is 2.94. The van der Waals surface area contributed by atoms with Gasteiger partial charge < -0.3 is 29.5 Å². The van der Waals surface area contributed by atoms with E-state index < -0.39 is 5.97 Å². The maximum atomic E-state index is 11.0. The molecule has 0 saturated carbocycles. The van der Waals surface area contributed by atoms with E-state index in [9.17, 15) is 14.7 Å². The van der Waals surface area contributed by atoms with Gasteiger partial charge in [-0.05, 0) is 75.2 Å². The lowest BCUT2D eigenvalue weighted by atomic mass is 10.2. The van der Waals surface area contributed by atoms with Crippen molar-refractivity contribution in [3.8, 4) is 23.0 Å². The fourth-order valence-electron chi connectivity index (χ4n) is 1.90. The minimum absolute atomic E-state index is 0.113. The molecular formula is C22H29BrO8. The molecule has 0 bridgehead atoms. The maximum Gasteiger partial charge on any atom is 0.344 e. The van der Waals surface area contributed by atoms with Gasteiger partial charge in [0.05, 0.1) is 13.2 Å². The number of alkyl halides is 1. The number of carbonyl (C=O) groups excluding carboxylic acids is 2. The van der Waals surface area contributed by atoms with Crippen LogP contribution in [0.3, 0.4) is 0 Å². The standard InChI is InChI=1S/C11H14O4.C7H8O2.C4H7BrO2/c1-3-14-11(13)7-15-9-4-5-10(12)8(2)6-9;1-5-4-6(8)2-3-7(5)9;1-2-7-4(6)3-5/h4-6,12H,3,7H2,1-2H3;2-4,8-9H,1H3;2-3H2,1H3. The molecule has 0 radical (unpaired) electrons. The molecule has 9 heteroatoms. The van der Waals surface area contributed by atoms with Crippen LogP contribution in [0.25, 0.3) is 0 Å². The Morgan fingerprint density at radius 2 is 1.35 bits per heavy atom. The molecule has 0 fully saturated rings. The van der Waals surface area contributed by atoms with Crippen molar-refractivity contribution in [3.63, 3.8) is 0 Å². The fourth-order valence-corrected chi connectivity index (χ4v) is 2.06. The number of rotatable bonds is 6. The average Bonchev–Trinajstić information content (AvgIpc) is 2.73. The summed E-state index contributed by atoms with van der Waals surface area (Å²) in [4.78, 5) is 21.1. The van der Waals surface area contributed by atoms with Crippen LogP contribution in [0.4, 0.5) is 0 Å². The predicted molar refractivity (Wildman–Crippen MR) is 120 cm³/mol. The minimum atomic E-state index is -0.400. The SMILES string of the molecule is CCOC(=O)CBr.CCOC(=O)COc1ccc(O)c(C)c1.Cc1cc(O)ccc1O. The molecule has 2 aromatic rings. The Morgan fingerprint density at radius 3 is 1.77 bits per heavy atom. The highest BCUT2D eigenvalue weighted by atomic mass is 79.9. The van der Waals surface area contributed by atoms with E-state index in [1.54, 1.807) is 39.8 Å². The summed E-state index contributed by atoms with van der Waals surface area (Å²) in [6.07, 6.45) is 0. The Morgan fingerprint density at radius 1 is 0.839 bits per heavy atom. The van der Waals surface area contributed by atoms with Crippen molar-refractivity contribution < 1.29 is 39.1 Å². The van der Waals surface area contributed by atoms with E-state index in [2.05, 4.69) is 20.7 Å². The van der Waals surface area contributed by atoms with Crippen molar-refractivity contribution in [2.24, 2.45) is 0 Å². The monoisotopic (exact) mass is 500 g/mol. The summed E-state index contributed by atoms with van der Waals surface area (Å²) in [7, 11) is 0. The average molecular weight is 501 g/mol. The van der Waals surface area contributed by atoms with Crippen molar-refractivity contribution in [2.75, 3.05) is 25.2 Å². The lowest BCUT2D eigenvalue weighted by molar-refractivity contribution is -0.145. The van der Waals surface area contributed by atoms with E-state index in [1.807, 2.05) is 0 Å². The zero-order valence-corrected chi connectivity index (χ0v) is 19.6. The topological polar surface area (TPSA) is 123 Å². The van der Waals surface area contributed by atoms with E-state index in [-0.39, 0.29) is 29.8 Å². The molecule has 172 valence electrons. The van der Waals surface area contributed by atoms with Gasteiger partial charge in [0.15, 0.2) is 6.61 Å². The summed E-state index contributed by atoms with van der Waals surface area (Å²) < 4.78 is 14.4. The largest absolute Gasteiger partial charge is 0.508 e. The number of hydrogen-bond donors (Lipinski definition) is 3. The Bertz CT molecular complexity index is 823. The minimum Gasteiger partial charge on any atom is -0.508 e. The smallest absolute Gasteiger partial charge is 0.344 e. The molecule has 0 unspecified atom stereocenters. The summed E-state index contributed by atoms with van der Waals surface area (Å²) in [6.45, 7) is 7.70. The molecule has 0 aliphatic carbocycles. The Balaban J connectivity index is 0.000000479. The Hall–Kier alpha value is -2.94. The summed E-state index contributed by atoms with van der Waals surface area (Å²) in [5.41, 5.74) is 1.39. The van der Waals surface area contributed by atoms with Gasteiger partial charge in [0.1, 0.15) is 28.3 Å². The molecule has 0 amide bonds. The summed E-state index contributed by atoms with van der Waals surface area (Å²) in [6, 6.07) is 9.20. The second-order valence-electron chi connectivity index (χ2n) is 5.95. The van der Waals surface area contributed by atoms with Crippen molar-refractivity contribution in [1.82, 2.24) is 0 Å². The molecule has 31 heavy (non-hydrogen) atoms. The second kappa shape index (κ2) is 15.8. The van der Waals surface area contributed by atoms with Crippen LogP contribution in [0.1, 0.15) is 25.0 Å². The van der Waals surface area contributed by atoms with E-state index in [1.165, 1.54) is 24.3 Å². The quantitative estimate of drug-likeness (QED) is 0.309. The molecule has 2 aromatic carbocycles. The second-order valence-corrected chi connectivity index (χ2v) is 6.51. The van der Waals surface area contributed by atoms with Crippen molar-refractivity contribution in [1.29, 1.82) is 0 Å². The third kappa shape index (κ3) is 13.1.